The number of benzene rings is 2. The summed E-state index contributed by atoms with van der Waals surface area (Å²) in [5, 5.41) is 0.629. The Hall–Kier alpha value is -1.58. The second-order valence-electron chi connectivity index (χ2n) is 8.90. The van der Waals surface area contributed by atoms with Crippen molar-refractivity contribution in [2.75, 3.05) is 0 Å². The summed E-state index contributed by atoms with van der Waals surface area (Å²) in [6.45, 7) is 2.27. The number of halogens is 4. The fourth-order valence-corrected chi connectivity index (χ4v) is 5.74. The third kappa shape index (κ3) is 3.79. The number of hydrogen-bond donors (Lipinski definition) is 0. The Morgan fingerprint density at radius 3 is 2.43 bits per heavy atom. The molecule has 2 saturated carbocycles. The largest absolute Gasteiger partial charge is 0.419 e. The van der Waals surface area contributed by atoms with Gasteiger partial charge in [-0.15, -0.1) is 0 Å². The van der Waals surface area contributed by atoms with Gasteiger partial charge in [0.2, 0.25) is 0 Å². The molecule has 2 aliphatic carbocycles. The number of alkyl halides is 3. The molecule has 0 aromatic heterocycles. The molecule has 0 amide bonds. The van der Waals surface area contributed by atoms with Crippen LogP contribution in [0.2, 0.25) is 0 Å². The van der Waals surface area contributed by atoms with Gasteiger partial charge in [0.1, 0.15) is 5.82 Å². The van der Waals surface area contributed by atoms with E-state index >= 15 is 0 Å². The molecule has 4 heteroatoms. The first-order chi connectivity index (χ1) is 13.4. The van der Waals surface area contributed by atoms with Crippen molar-refractivity contribution in [3.63, 3.8) is 0 Å². The van der Waals surface area contributed by atoms with Gasteiger partial charge in [-0.05, 0) is 72.8 Å². The van der Waals surface area contributed by atoms with Gasteiger partial charge < -0.3 is 0 Å². The lowest BCUT2D eigenvalue weighted by Gasteiger charge is -2.42. The molecule has 28 heavy (non-hydrogen) atoms. The predicted octanol–water partition coefficient (Wildman–Crippen LogP) is 8.10. The van der Waals surface area contributed by atoms with Crippen LogP contribution in [0.1, 0.15) is 75.3 Å². The second-order valence-corrected chi connectivity index (χ2v) is 8.90. The van der Waals surface area contributed by atoms with E-state index in [1.54, 1.807) is 6.07 Å². The van der Waals surface area contributed by atoms with Crippen molar-refractivity contribution in [2.24, 2.45) is 17.8 Å². The summed E-state index contributed by atoms with van der Waals surface area (Å²) < 4.78 is 53.2. The number of fused-ring (bicyclic) bond motifs is 2. The normalized spacial score (nSPS) is 28.3. The molecule has 0 saturated heterocycles. The Balaban J connectivity index is 1.53. The van der Waals surface area contributed by atoms with Crippen LogP contribution in [0.25, 0.3) is 10.8 Å². The molecule has 0 aliphatic heterocycles. The first-order valence-corrected chi connectivity index (χ1v) is 10.7. The lowest BCUT2D eigenvalue weighted by Crippen LogP contribution is -2.30. The van der Waals surface area contributed by atoms with E-state index in [9.17, 15) is 17.6 Å². The van der Waals surface area contributed by atoms with E-state index < -0.39 is 17.6 Å². The Morgan fingerprint density at radius 2 is 1.68 bits per heavy atom. The molecule has 0 spiro atoms. The van der Waals surface area contributed by atoms with Crippen LogP contribution >= 0.6 is 0 Å². The third-order valence-electron chi connectivity index (χ3n) is 7.17. The monoisotopic (exact) mass is 392 g/mol. The summed E-state index contributed by atoms with van der Waals surface area (Å²) in [6.07, 6.45) is 5.52. The summed E-state index contributed by atoms with van der Waals surface area (Å²) in [4.78, 5) is 0. The van der Waals surface area contributed by atoms with Crippen LogP contribution in [0.15, 0.2) is 30.3 Å². The van der Waals surface area contributed by atoms with Gasteiger partial charge in [0.05, 0.1) is 5.56 Å². The quantitative estimate of drug-likeness (QED) is 0.463. The average molecular weight is 392 g/mol. The van der Waals surface area contributed by atoms with Gasteiger partial charge in [0.25, 0.3) is 0 Å². The smallest absolute Gasteiger partial charge is 0.206 e. The SMILES string of the molecule is CCCC1CCC2CC(c3ccc4c(F)c(C(F)(F)F)ccc4c3)CCC2C1. The first kappa shape index (κ1) is 19.7. The predicted molar refractivity (Wildman–Crippen MR) is 105 cm³/mol. The van der Waals surface area contributed by atoms with Crippen LogP contribution in [0.4, 0.5) is 17.6 Å². The summed E-state index contributed by atoms with van der Waals surface area (Å²) in [6, 6.07) is 7.57. The summed E-state index contributed by atoms with van der Waals surface area (Å²) in [7, 11) is 0. The zero-order valence-electron chi connectivity index (χ0n) is 16.4. The molecule has 0 nitrogen and oxygen atoms in total. The summed E-state index contributed by atoms with van der Waals surface area (Å²) in [5.41, 5.74) is -0.0297. The van der Waals surface area contributed by atoms with E-state index in [2.05, 4.69) is 6.92 Å². The minimum absolute atomic E-state index is 0.0623. The molecule has 0 radical (unpaired) electrons. The van der Waals surface area contributed by atoms with E-state index in [4.69, 9.17) is 0 Å². The number of rotatable bonds is 3. The summed E-state index contributed by atoms with van der Waals surface area (Å²) in [5.74, 6) is 1.79. The molecule has 2 aromatic rings. The van der Waals surface area contributed by atoms with E-state index in [0.717, 1.165) is 42.2 Å². The van der Waals surface area contributed by atoms with Crippen LogP contribution in [-0.2, 0) is 6.18 Å². The van der Waals surface area contributed by atoms with Gasteiger partial charge in [-0.1, -0.05) is 50.5 Å². The van der Waals surface area contributed by atoms with E-state index in [1.807, 2.05) is 12.1 Å². The zero-order valence-corrected chi connectivity index (χ0v) is 16.4. The molecule has 4 atom stereocenters. The van der Waals surface area contributed by atoms with E-state index in [1.165, 1.54) is 44.6 Å². The van der Waals surface area contributed by atoms with Crippen molar-refractivity contribution in [2.45, 2.75) is 70.4 Å². The van der Waals surface area contributed by atoms with Crippen molar-refractivity contribution in [3.8, 4) is 0 Å². The standard InChI is InChI=1S/C24H28F4/c1-2-3-15-4-5-17-13-18(7-6-16(17)12-15)19-8-10-21-20(14-19)9-11-22(23(21)25)24(26,27)28/h8-11,14-18H,2-7,12-13H2,1H3. The van der Waals surface area contributed by atoms with Gasteiger partial charge in [-0.25, -0.2) is 4.39 Å². The van der Waals surface area contributed by atoms with Crippen LogP contribution in [0, 0.1) is 23.6 Å². The molecule has 0 N–H and O–H groups in total. The first-order valence-electron chi connectivity index (χ1n) is 10.7. The van der Waals surface area contributed by atoms with Gasteiger partial charge >= 0.3 is 6.18 Å². The summed E-state index contributed by atoms with van der Waals surface area (Å²) >= 11 is 0. The van der Waals surface area contributed by atoms with Gasteiger partial charge in [-0.3, -0.25) is 0 Å². The van der Waals surface area contributed by atoms with Crippen molar-refractivity contribution >= 4 is 10.8 Å². The minimum atomic E-state index is -4.66. The van der Waals surface area contributed by atoms with Gasteiger partial charge in [-0.2, -0.15) is 13.2 Å². The van der Waals surface area contributed by atoms with Gasteiger partial charge in [0, 0.05) is 5.39 Å². The Kier molecular flexibility index (Phi) is 5.41. The molecule has 2 aliphatic rings. The minimum Gasteiger partial charge on any atom is -0.206 e. The van der Waals surface area contributed by atoms with E-state index in [-0.39, 0.29) is 5.39 Å². The zero-order chi connectivity index (χ0) is 19.9. The Bertz CT molecular complexity index is 838. The topological polar surface area (TPSA) is 0 Å². The molecule has 2 fully saturated rings. The molecular weight excluding hydrogens is 364 g/mol. The highest BCUT2D eigenvalue weighted by molar-refractivity contribution is 5.84. The maximum atomic E-state index is 14.3. The number of hydrogen-bond acceptors (Lipinski definition) is 0. The molecule has 4 unspecified atom stereocenters. The maximum Gasteiger partial charge on any atom is 0.419 e. The Labute approximate surface area is 164 Å². The highest BCUT2D eigenvalue weighted by atomic mass is 19.4. The van der Waals surface area contributed by atoms with Crippen LogP contribution in [0.5, 0.6) is 0 Å². The van der Waals surface area contributed by atoms with Crippen molar-refractivity contribution in [1.82, 2.24) is 0 Å². The van der Waals surface area contributed by atoms with Crippen molar-refractivity contribution in [3.05, 3.63) is 47.3 Å². The maximum absolute atomic E-state index is 14.3. The van der Waals surface area contributed by atoms with Gasteiger partial charge in [0.15, 0.2) is 0 Å². The highest BCUT2D eigenvalue weighted by Crippen LogP contribution is 2.48. The average Bonchev–Trinajstić information content (AvgIpc) is 2.67. The molecule has 4 rings (SSSR count). The van der Waals surface area contributed by atoms with Crippen LogP contribution in [0.3, 0.4) is 0 Å². The fourth-order valence-electron chi connectivity index (χ4n) is 5.74. The molecule has 152 valence electrons. The molecule has 0 bridgehead atoms. The van der Waals surface area contributed by atoms with Crippen molar-refractivity contribution < 1.29 is 17.6 Å². The van der Waals surface area contributed by atoms with Crippen LogP contribution < -0.4 is 0 Å². The third-order valence-corrected chi connectivity index (χ3v) is 7.17. The Morgan fingerprint density at radius 1 is 0.929 bits per heavy atom. The lowest BCUT2D eigenvalue weighted by atomic mass is 9.63. The van der Waals surface area contributed by atoms with Crippen LogP contribution in [-0.4, -0.2) is 0 Å². The molecule has 2 aromatic carbocycles. The second kappa shape index (κ2) is 7.68. The molecular formula is C24H28F4. The van der Waals surface area contributed by atoms with Crippen molar-refractivity contribution in [1.29, 1.82) is 0 Å². The van der Waals surface area contributed by atoms with E-state index in [0.29, 0.717) is 11.3 Å². The fraction of sp³-hybridized carbons (Fsp3) is 0.583. The molecule has 0 heterocycles. The highest BCUT2D eigenvalue weighted by Gasteiger charge is 2.36. The lowest BCUT2D eigenvalue weighted by molar-refractivity contribution is -0.139.